The second kappa shape index (κ2) is 7.23. The third kappa shape index (κ3) is 5.07. The summed E-state index contributed by atoms with van der Waals surface area (Å²) in [7, 11) is 0.430. The maximum absolute atomic E-state index is 11.2. The van der Waals surface area contributed by atoms with Gasteiger partial charge in [-0.05, 0) is 29.8 Å². The predicted molar refractivity (Wildman–Crippen MR) is 88.0 cm³/mol. The molecule has 6 heteroatoms. The van der Waals surface area contributed by atoms with Crippen LogP contribution < -0.4 is 22.3 Å². The molecule has 2 aromatic carbocycles. The molecule has 0 radical (unpaired) electrons. The molecule has 0 fully saturated rings. The van der Waals surface area contributed by atoms with Gasteiger partial charge in [0.25, 0.3) is 9.05 Å². The van der Waals surface area contributed by atoms with E-state index in [2.05, 4.69) is 37.6 Å². The summed E-state index contributed by atoms with van der Waals surface area (Å²) in [6, 6.07) is 17.3. The van der Waals surface area contributed by atoms with Crippen molar-refractivity contribution in [1.29, 1.82) is 0 Å². The Hall–Kier alpha value is -0.410. The molecule has 0 atom stereocenters. The van der Waals surface area contributed by atoms with Gasteiger partial charge in [0.1, 0.15) is 0 Å². The molecule has 0 amide bonds. The van der Waals surface area contributed by atoms with Gasteiger partial charge in [-0.1, -0.05) is 30.3 Å². The van der Waals surface area contributed by atoms with Gasteiger partial charge in [-0.3, -0.25) is 0 Å². The van der Waals surface area contributed by atoms with Gasteiger partial charge >= 0.3 is 0 Å². The van der Waals surface area contributed by atoms with Gasteiger partial charge < -0.3 is 17.0 Å². The van der Waals surface area contributed by atoms with Crippen molar-refractivity contribution in [2.24, 2.45) is 0 Å². The SMILES string of the molecule is C[P+](C)(Cc1ccc(S(=O)(=O)Cl)cc1)c1ccccc1.[Br-]. The van der Waals surface area contributed by atoms with Gasteiger partial charge in [0.2, 0.25) is 0 Å². The zero-order valence-electron chi connectivity index (χ0n) is 11.8. The number of hydrogen-bond acceptors (Lipinski definition) is 2. The molecular formula is C15H17BrClO2PS. The van der Waals surface area contributed by atoms with Crippen molar-refractivity contribution in [3.63, 3.8) is 0 Å². The number of halogens is 2. The Bertz CT molecular complexity index is 685. The van der Waals surface area contributed by atoms with E-state index in [1.165, 1.54) is 5.30 Å². The molecule has 0 spiro atoms. The second-order valence-corrected chi connectivity index (χ2v) is 12.0. The van der Waals surface area contributed by atoms with Crippen molar-refractivity contribution in [2.75, 3.05) is 13.3 Å². The highest BCUT2D eigenvalue weighted by molar-refractivity contribution is 8.13. The Labute approximate surface area is 142 Å². The van der Waals surface area contributed by atoms with E-state index in [0.29, 0.717) is 0 Å². The van der Waals surface area contributed by atoms with E-state index in [1.54, 1.807) is 12.1 Å². The summed E-state index contributed by atoms with van der Waals surface area (Å²) in [5.41, 5.74) is 1.14. The fraction of sp³-hybridized carbons (Fsp3) is 0.200. The average molecular weight is 408 g/mol. The van der Waals surface area contributed by atoms with E-state index in [0.717, 1.165) is 11.7 Å². The molecule has 0 saturated heterocycles. The standard InChI is InChI=1S/C15H17ClO2PS.BrH/c1-19(2,14-6-4-3-5-7-14)12-13-8-10-15(11-9-13)20(16,17)18;/h3-11H,12H2,1-2H3;1H/q+1;/p-1. The van der Waals surface area contributed by atoms with E-state index in [4.69, 9.17) is 10.7 Å². The van der Waals surface area contributed by atoms with E-state index < -0.39 is 16.3 Å². The summed E-state index contributed by atoms with van der Waals surface area (Å²) in [5.74, 6) is 0. The van der Waals surface area contributed by atoms with E-state index in [1.807, 2.05) is 18.2 Å². The van der Waals surface area contributed by atoms with Gasteiger partial charge in [0, 0.05) is 17.9 Å². The molecule has 2 nitrogen and oxygen atoms in total. The third-order valence-electron chi connectivity index (χ3n) is 3.24. The van der Waals surface area contributed by atoms with Crippen LogP contribution in [0.15, 0.2) is 59.5 Å². The Morgan fingerprint density at radius 1 is 0.952 bits per heavy atom. The molecule has 2 aromatic rings. The summed E-state index contributed by atoms with van der Waals surface area (Å²) < 4.78 is 22.4. The lowest BCUT2D eigenvalue weighted by atomic mass is 10.2. The van der Waals surface area contributed by atoms with E-state index in [-0.39, 0.29) is 21.9 Å². The van der Waals surface area contributed by atoms with Gasteiger partial charge in [0.15, 0.2) is 0 Å². The van der Waals surface area contributed by atoms with Gasteiger partial charge in [-0.25, -0.2) is 8.42 Å². The lowest BCUT2D eigenvalue weighted by molar-refractivity contribution is -0.00000645. The van der Waals surface area contributed by atoms with Crippen molar-refractivity contribution in [3.8, 4) is 0 Å². The lowest BCUT2D eigenvalue weighted by Gasteiger charge is -2.18. The van der Waals surface area contributed by atoms with Gasteiger partial charge in [-0.2, -0.15) is 0 Å². The van der Waals surface area contributed by atoms with Crippen LogP contribution in [-0.4, -0.2) is 21.7 Å². The molecule has 114 valence electrons. The molecule has 0 heterocycles. The number of rotatable bonds is 4. The second-order valence-electron chi connectivity index (χ2n) is 5.26. The van der Waals surface area contributed by atoms with Crippen LogP contribution in [0.1, 0.15) is 5.56 Å². The number of benzene rings is 2. The highest BCUT2D eigenvalue weighted by atomic mass is 79.9. The van der Waals surface area contributed by atoms with Crippen LogP contribution >= 0.6 is 17.9 Å². The summed E-state index contributed by atoms with van der Waals surface area (Å²) in [6.07, 6.45) is 0.944. The molecule has 0 saturated carbocycles. The molecular weight excluding hydrogens is 391 g/mol. The molecule has 0 aliphatic heterocycles. The zero-order chi connectivity index (χ0) is 14.8. The first-order valence-electron chi connectivity index (χ1n) is 6.21. The van der Waals surface area contributed by atoms with Crippen LogP contribution in [0.25, 0.3) is 0 Å². The van der Waals surface area contributed by atoms with Crippen molar-refractivity contribution in [2.45, 2.75) is 11.1 Å². The van der Waals surface area contributed by atoms with E-state index >= 15 is 0 Å². The fourth-order valence-electron chi connectivity index (χ4n) is 2.14. The summed E-state index contributed by atoms with van der Waals surface area (Å²) in [6.45, 7) is 4.57. The number of hydrogen-bond donors (Lipinski definition) is 0. The quantitative estimate of drug-likeness (QED) is 0.553. The van der Waals surface area contributed by atoms with Crippen LogP contribution in [0.4, 0.5) is 0 Å². The fourth-order valence-corrected chi connectivity index (χ4v) is 5.19. The maximum Gasteiger partial charge on any atom is 0.261 e. The maximum atomic E-state index is 11.2. The molecule has 0 aliphatic carbocycles. The van der Waals surface area contributed by atoms with Crippen molar-refractivity contribution >= 4 is 32.3 Å². The van der Waals surface area contributed by atoms with Gasteiger partial charge in [-0.15, -0.1) is 0 Å². The Kier molecular flexibility index (Phi) is 6.42. The highest BCUT2D eigenvalue weighted by Crippen LogP contribution is 2.52. The minimum atomic E-state index is -3.63. The minimum absolute atomic E-state index is 0. The largest absolute Gasteiger partial charge is 1.00 e. The van der Waals surface area contributed by atoms with Crippen LogP contribution in [0.3, 0.4) is 0 Å². The zero-order valence-corrected chi connectivity index (χ0v) is 15.9. The average Bonchev–Trinajstić information content (AvgIpc) is 2.39. The normalized spacial score (nSPS) is 11.8. The highest BCUT2D eigenvalue weighted by Gasteiger charge is 2.28. The molecule has 0 aromatic heterocycles. The smallest absolute Gasteiger partial charge is 0.261 e. The third-order valence-corrected chi connectivity index (χ3v) is 7.46. The Morgan fingerprint density at radius 2 is 1.48 bits per heavy atom. The van der Waals surface area contributed by atoms with Crippen molar-refractivity contribution < 1.29 is 25.4 Å². The van der Waals surface area contributed by atoms with Crippen molar-refractivity contribution in [3.05, 3.63) is 60.2 Å². The monoisotopic (exact) mass is 406 g/mol. The van der Waals surface area contributed by atoms with Gasteiger partial charge in [0.05, 0.1) is 29.7 Å². The topological polar surface area (TPSA) is 34.1 Å². The summed E-state index contributed by atoms with van der Waals surface area (Å²) >= 11 is 0. The predicted octanol–water partition coefficient (Wildman–Crippen LogP) is 0.721. The van der Waals surface area contributed by atoms with E-state index in [9.17, 15) is 8.42 Å². The Balaban J connectivity index is 0.00000220. The molecule has 2 rings (SSSR count). The first-order valence-corrected chi connectivity index (χ1v) is 11.4. The molecule has 0 bridgehead atoms. The van der Waals surface area contributed by atoms with Crippen LogP contribution in [-0.2, 0) is 15.2 Å². The molecule has 0 N–H and O–H groups in total. The molecule has 0 aliphatic rings. The first-order chi connectivity index (χ1) is 9.29. The van der Waals surface area contributed by atoms with Crippen LogP contribution in [0.5, 0.6) is 0 Å². The summed E-state index contributed by atoms with van der Waals surface area (Å²) in [4.78, 5) is 0.152. The lowest BCUT2D eigenvalue weighted by Crippen LogP contribution is -3.00. The first kappa shape index (κ1) is 18.6. The van der Waals surface area contributed by atoms with Crippen molar-refractivity contribution in [1.82, 2.24) is 0 Å². The molecule has 21 heavy (non-hydrogen) atoms. The molecule has 0 unspecified atom stereocenters. The van der Waals surface area contributed by atoms with Crippen LogP contribution in [0.2, 0.25) is 0 Å². The van der Waals surface area contributed by atoms with Crippen LogP contribution in [0, 0.1) is 0 Å². The minimum Gasteiger partial charge on any atom is -1.00 e. The Morgan fingerprint density at radius 3 is 1.95 bits per heavy atom. The summed E-state index contributed by atoms with van der Waals surface area (Å²) in [5, 5.41) is 1.37.